The number of nitrogens with one attached hydrogen (secondary N) is 2. The summed E-state index contributed by atoms with van der Waals surface area (Å²) in [6.45, 7) is 1.78. The lowest BCUT2D eigenvalue weighted by Crippen LogP contribution is -2.13. The topological polar surface area (TPSA) is 88.2 Å². The maximum atomic E-state index is 12.8. The van der Waals surface area contributed by atoms with E-state index in [1.807, 2.05) is 12.1 Å². The van der Waals surface area contributed by atoms with Crippen molar-refractivity contribution in [3.05, 3.63) is 48.0 Å². The van der Waals surface area contributed by atoms with Crippen molar-refractivity contribution in [3.8, 4) is 0 Å². The molecule has 0 atom stereocenters. The molecule has 4 rings (SSSR count). The second kappa shape index (κ2) is 8.73. The molecule has 8 heteroatoms. The molecule has 0 spiro atoms. The van der Waals surface area contributed by atoms with Crippen LogP contribution in [0.3, 0.4) is 0 Å². The first-order valence-corrected chi connectivity index (χ1v) is 12.6. The van der Waals surface area contributed by atoms with Crippen LogP contribution in [0.15, 0.2) is 47.4 Å². The molecule has 0 bridgehead atoms. The van der Waals surface area contributed by atoms with E-state index in [1.54, 1.807) is 37.3 Å². The van der Waals surface area contributed by atoms with Gasteiger partial charge in [-0.25, -0.2) is 13.4 Å². The van der Waals surface area contributed by atoms with Crippen molar-refractivity contribution in [1.29, 1.82) is 0 Å². The zero-order chi connectivity index (χ0) is 21.1. The normalized spacial score (nSPS) is 15.2. The summed E-state index contributed by atoms with van der Waals surface area (Å²) in [6, 6.07) is 12.5. The Kier molecular flexibility index (Phi) is 6.06. The molecular formula is C22H25N3O3S2. The van der Waals surface area contributed by atoms with Gasteiger partial charge in [0.1, 0.15) is 0 Å². The Morgan fingerprint density at radius 3 is 2.53 bits per heavy atom. The lowest BCUT2D eigenvalue weighted by Gasteiger charge is -2.22. The van der Waals surface area contributed by atoms with E-state index >= 15 is 0 Å². The fourth-order valence-corrected chi connectivity index (χ4v) is 5.73. The minimum absolute atomic E-state index is 0.105. The molecule has 3 aromatic rings. The Bertz CT molecular complexity index is 1150. The minimum atomic E-state index is -3.69. The van der Waals surface area contributed by atoms with Crippen LogP contribution >= 0.6 is 11.3 Å². The number of fused-ring (bicyclic) bond motifs is 1. The van der Waals surface area contributed by atoms with Crippen LogP contribution in [0.2, 0.25) is 0 Å². The number of aromatic nitrogens is 1. The number of anilines is 2. The maximum absolute atomic E-state index is 12.8. The Morgan fingerprint density at radius 2 is 1.83 bits per heavy atom. The molecule has 30 heavy (non-hydrogen) atoms. The van der Waals surface area contributed by atoms with Crippen molar-refractivity contribution < 1.29 is 13.2 Å². The smallest absolute Gasteiger partial charge is 0.261 e. The van der Waals surface area contributed by atoms with Crippen LogP contribution in [0.25, 0.3) is 10.2 Å². The average Bonchev–Trinajstić information content (AvgIpc) is 3.15. The monoisotopic (exact) mass is 443 g/mol. The first-order chi connectivity index (χ1) is 14.4. The highest BCUT2D eigenvalue weighted by atomic mass is 32.2. The van der Waals surface area contributed by atoms with Gasteiger partial charge in [0.05, 0.1) is 20.8 Å². The van der Waals surface area contributed by atoms with Crippen molar-refractivity contribution in [2.45, 2.75) is 56.3 Å². The summed E-state index contributed by atoms with van der Waals surface area (Å²) in [6.07, 6.45) is 6.52. The van der Waals surface area contributed by atoms with Crippen molar-refractivity contribution >= 4 is 48.3 Å². The fraction of sp³-hybridized carbons (Fsp3) is 0.364. The van der Waals surface area contributed by atoms with Crippen molar-refractivity contribution in [1.82, 2.24) is 4.98 Å². The molecule has 1 aliphatic carbocycles. The van der Waals surface area contributed by atoms with E-state index in [0.717, 1.165) is 4.70 Å². The molecule has 6 nitrogen and oxygen atoms in total. The molecule has 1 aliphatic rings. The molecule has 158 valence electrons. The molecule has 1 saturated carbocycles. The highest BCUT2D eigenvalue weighted by Gasteiger charge is 2.18. The van der Waals surface area contributed by atoms with Gasteiger partial charge in [0.2, 0.25) is 5.91 Å². The van der Waals surface area contributed by atoms with Crippen LogP contribution in [-0.4, -0.2) is 19.3 Å². The molecule has 0 aliphatic heterocycles. The van der Waals surface area contributed by atoms with Gasteiger partial charge < -0.3 is 5.32 Å². The van der Waals surface area contributed by atoms with Crippen LogP contribution in [0.4, 0.5) is 10.8 Å². The van der Waals surface area contributed by atoms with Crippen LogP contribution in [0.5, 0.6) is 0 Å². The second-order valence-electron chi connectivity index (χ2n) is 7.61. The lowest BCUT2D eigenvalue weighted by molar-refractivity contribution is -0.115. The molecule has 2 aromatic carbocycles. The van der Waals surface area contributed by atoms with E-state index in [1.165, 1.54) is 49.0 Å². The van der Waals surface area contributed by atoms with Gasteiger partial charge in [0.25, 0.3) is 10.0 Å². The quantitative estimate of drug-likeness (QED) is 0.527. The summed E-state index contributed by atoms with van der Waals surface area (Å²) >= 11 is 1.36. The van der Waals surface area contributed by atoms with Crippen LogP contribution in [0.1, 0.15) is 56.9 Å². The zero-order valence-electron chi connectivity index (χ0n) is 16.8. The first kappa shape index (κ1) is 20.8. The van der Waals surface area contributed by atoms with Crippen LogP contribution < -0.4 is 10.0 Å². The van der Waals surface area contributed by atoms with E-state index in [9.17, 15) is 13.2 Å². The van der Waals surface area contributed by atoms with Crippen molar-refractivity contribution in [2.24, 2.45) is 0 Å². The van der Waals surface area contributed by atoms with E-state index in [2.05, 4.69) is 15.0 Å². The van der Waals surface area contributed by atoms with E-state index < -0.39 is 10.0 Å². The van der Waals surface area contributed by atoms with Crippen LogP contribution in [0, 0.1) is 0 Å². The highest BCUT2D eigenvalue weighted by molar-refractivity contribution is 7.92. The third-order valence-corrected chi connectivity index (χ3v) is 7.82. The largest absolute Gasteiger partial charge is 0.302 e. The lowest BCUT2D eigenvalue weighted by atomic mass is 9.84. The summed E-state index contributed by atoms with van der Waals surface area (Å²) in [7, 11) is -3.69. The summed E-state index contributed by atoms with van der Waals surface area (Å²) < 4.78 is 29.2. The summed E-state index contributed by atoms with van der Waals surface area (Å²) in [5.74, 6) is 0.435. The molecule has 0 saturated heterocycles. The minimum Gasteiger partial charge on any atom is -0.302 e. The third-order valence-electron chi connectivity index (χ3n) is 5.47. The standard InChI is InChI=1S/C22H25N3O3S2/c1-2-21(26)24-22-23-19-14-17(10-13-20(19)29-22)25-30(27,28)18-11-8-16(9-12-18)15-6-4-3-5-7-15/h8-15,25H,2-7H2,1H3,(H,23,24,26). The number of rotatable bonds is 6. The number of amides is 1. The number of carbonyl (C=O) groups excluding carboxylic acids is 1. The van der Waals surface area contributed by atoms with E-state index in [-0.39, 0.29) is 10.8 Å². The first-order valence-electron chi connectivity index (χ1n) is 10.3. The number of carbonyl (C=O) groups is 1. The molecule has 0 radical (unpaired) electrons. The van der Waals surface area contributed by atoms with Gasteiger partial charge in [0, 0.05) is 6.42 Å². The predicted molar refractivity (Wildman–Crippen MR) is 122 cm³/mol. The summed E-state index contributed by atoms with van der Waals surface area (Å²) in [4.78, 5) is 16.2. The Labute approximate surface area is 180 Å². The van der Waals surface area contributed by atoms with Gasteiger partial charge in [-0.05, 0) is 54.7 Å². The third kappa shape index (κ3) is 4.65. The number of sulfonamides is 1. The molecule has 1 heterocycles. The number of benzene rings is 2. The van der Waals surface area contributed by atoms with Crippen molar-refractivity contribution in [3.63, 3.8) is 0 Å². The SMILES string of the molecule is CCC(=O)Nc1nc2cc(NS(=O)(=O)c3ccc(C4CCCCC4)cc3)ccc2s1. The van der Waals surface area contributed by atoms with Gasteiger partial charge in [-0.2, -0.15) is 0 Å². The van der Waals surface area contributed by atoms with Gasteiger partial charge in [0.15, 0.2) is 5.13 Å². The predicted octanol–water partition coefficient (Wildman–Crippen LogP) is 5.49. The average molecular weight is 444 g/mol. The highest BCUT2D eigenvalue weighted by Crippen LogP contribution is 2.33. The second-order valence-corrected chi connectivity index (χ2v) is 10.3. The Hall–Kier alpha value is -2.45. The van der Waals surface area contributed by atoms with E-state index in [0.29, 0.717) is 28.7 Å². The fourth-order valence-electron chi connectivity index (χ4n) is 3.82. The van der Waals surface area contributed by atoms with Gasteiger partial charge >= 0.3 is 0 Å². The zero-order valence-corrected chi connectivity index (χ0v) is 18.5. The number of nitrogens with zero attached hydrogens (tertiary/aromatic N) is 1. The molecular weight excluding hydrogens is 418 g/mol. The van der Waals surface area contributed by atoms with Crippen molar-refractivity contribution in [2.75, 3.05) is 10.0 Å². The Balaban J connectivity index is 1.50. The van der Waals surface area contributed by atoms with Gasteiger partial charge in [-0.3, -0.25) is 9.52 Å². The Morgan fingerprint density at radius 1 is 1.10 bits per heavy atom. The molecule has 1 fully saturated rings. The number of hydrogen-bond acceptors (Lipinski definition) is 5. The maximum Gasteiger partial charge on any atom is 0.261 e. The summed E-state index contributed by atoms with van der Waals surface area (Å²) in [5, 5.41) is 3.25. The van der Waals surface area contributed by atoms with Gasteiger partial charge in [-0.15, -0.1) is 0 Å². The van der Waals surface area contributed by atoms with Gasteiger partial charge in [-0.1, -0.05) is 49.7 Å². The van der Waals surface area contributed by atoms with Crippen LogP contribution in [-0.2, 0) is 14.8 Å². The molecule has 1 amide bonds. The molecule has 0 unspecified atom stereocenters. The number of hydrogen-bond donors (Lipinski definition) is 2. The number of thiazole rings is 1. The molecule has 1 aromatic heterocycles. The summed E-state index contributed by atoms with van der Waals surface area (Å²) in [5.41, 5.74) is 2.30. The van der Waals surface area contributed by atoms with E-state index in [4.69, 9.17) is 0 Å². The molecule has 2 N–H and O–H groups in total.